The highest BCUT2D eigenvalue weighted by Gasteiger charge is 2.28. The van der Waals surface area contributed by atoms with Gasteiger partial charge in [-0.3, -0.25) is 0 Å². The summed E-state index contributed by atoms with van der Waals surface area (Å²) in [6.07, 6.45) is 10.5. The molecule has 2 aliphatic carbocycles. The third kappa shape index (κ3) is 4.42. The summed E-state index contributed by atoms with van der Waals surface area (Å²) in [5.41, 5.74) is 5.21. The third-order valence-electron chi connectivity index (χ3n) is 7.44. The molecule has 0 aromatic heterocycles. The number of hydrogen-bond donors (Lipinski definition) is 0. The van der Waals surface area contributed by atoms with Crippen LogP contribution in [0.15, 0.2) is 30.3 Å². The maximum Gasteiger partial charge on any atom is 0.129 e. The van der Waals surface area contributed by atoms with E-state index in [4.69, 9.17) is 0 Å². The number of aryl methyl sites for hydroxylation is 2. The SMILES string of the molecule is CCCc1ccc2c(c1)CCC(c1c(F)cc(C3CCC(CC)CC3)cc1F)C2. The number of hydrogen-bond acceptors (Lipinski definition) is 0. The molecule has 4 rings (SSSR count). The van der Waals surface area contributed by atoms with Crippen molar-refractivity contribution in [2.45, 2.75) is 89.9 Å². The molecule has 1 unspecified atom stereocenters. The van der Waals surface area contributed by atoms with Gasteiger partial charge in [-0.25, -0.2) is 8.78 Å². The molecule has 0 saturated heterocycles. The van der Waals surface area contributed by atoms with Crippen molar-refractivity contribution in [2.24, 2.45) is 5.92 Å². The molecule has 0 amide bonds. The first kappa shape index (κ1) is 20.6. The second kappa shape index (κ2) is 8.98. The topological polar surface area (TPSA) is 0 Å². The Balaban J connectivity index is 1.52. The van der Waals surface area contributed by atoms with Crippen LogP contribution in [0.5, 0.6) is 0 Å². The van der Waals surface area contributed by atoms with Crippen LogP contribution in [0.2, 0.25) is 0 Å². The largest absolute Gasteiger partial charge is 0.207 e. The zero-order valence-corrected chi connectivity index (χ0v) is 17.9. The lowest BCUT2D eigenvalue weighted by Gasteiger charge is -2.29. The highest BCUT2D eigenvalue weighted by molar-refractivity contribution is 5.39. The van der Waals surface area contributed by atoms with Crippen LogP contribution >= 0.6 is 0 Å². The Labute approximate surface area is 174 Å². The summed E-state index contributed by atoms with van der Waals surface area (Å²) in [6.45, 7) is 4.44. The van der Waals surface area contributed by atoms with E-state index in [2.05, 4.69) is 32.0 Å². The lowest BCUT2D eigenvalue weighted by atomic mass is 9.76. The van der Waals surface area contributed by atoms with Gasteiger partial charge in [0, 0.05) is 5.56 Å². The first-order chi connectivity index (χ1) is 14.1. The highest BCUT2D eigenvalue weighted by Crippen LogP contribution is 2.40. The molecule has 2 aromatic carbocycles. The molecule has 0 nitrogen and oxygen atoms in total. The lowest BCUT2D eigenvalue weighted by molar-refractivity contribution is 0.317. The van der Waals surface area contributed by atoms with Crippen LogP contribution in [-0.4, -0.2) is 0 Å². The predicted octanol–water partition coefficient (Wildman–Crippen LogP) is 7.87. The average Bonchev–Trinajstić information content (AvgIpc) is 2.73. The van der Waals surface area contributed by atoms with E-state index >= 15 is 8.78 Å². The van der Waals surface area contributed by atoms with E-state index in [1.807, 2.05) is 0 Å². The molecule has 0 heterocycles. The second-order valence-corrected chi connectivity index (χ2v) is 9.32. The molecular formula is C27H34F2. The van der Waals surface area contributed by atoms with Crippen LogP contribution in [-0.2, 0) is 19.3 Å². The minimum atomic E-state index is -0.325. The summed E-state index contributed by atoms with van der Waals surface area (Å²) < 4.78 is 30.2. The molecule has 1 fully saturated rings. The van der Waals surface area contributed by atoms with Crippen molar-refractivity contribution in [1.82, 2.24) is 0 Å². The van der Waals surface area contributed by atoms with Gasteiger partial charge in [0.05, 0.1) is 0 Å². The van der Waals surface area contributed by atoms with Crippen LogP contribution in [0.4, 0.5) is 8.78 Å². The fourth-order valence-corrected chi connectivity index (χ4v) is 5.63. The summed E-state index contributed by atoms with van der Waals surface area (Å²) in [7, 11) is 0. The van der Waals surface area contributed by atoms with Crippen molar-refractivity contribution >= 4 is 0 Å². The predicted molar refractivity (Wildman–Crippen MR) is 117 cm³/mol. The van der Waals surface area contributed by atoms with E-state index in [0.717, 1.165) is 56.4 Å². The van der Waals surface area contributed by atoms with E-state index in [1.165, 1.54) is 36.0 Å². The zero-order chi connectivity index (χ0) is 20.4. The molecule has 0 aliphatic heterocycles. The van der Waals surface area contributed by atoms with Crippen molar-refractivity contribution in [3.8, 4) is 0 Å². The van der Waals surface area contributed by atoms with Crippen LogP contribution in [0.25, 0.3) is 0 Å². The number of halogens is 2. The van der Waals surface area contributed by atoms with Gasteiger partial charge in [-0.1, -0.05) is 44.9 Å². The lowest BCUT2D eigenvalue weighted by Crippen LogP contribution is -2.17. The van der Waals surface area contributed by atoms with Gasteiger partial charge in [0.25, 0.3) is 0 Å². The van der Waals surface area contributed by atoms with Gasteiger partial charge in [-0.2, -0.15) is 0 Å². The van der Waals surface area contributed by atoms with Crippen molar-refractivity contribution in [1.29, 1.82) is 0 Å². The van der Waals surface area contributed by atoms with Crippen molar-refractivity contribution in [3.63, 3.8) is 0 Å². The molecule has 1 saturated carbocycles. The molecule has 0 spiro atoms. The quantitative estimate of drug-likeness (QED) is 0.482. The van der Waals surface area contributed by atoms with E-state index in [1.54, 1.807) is 12.1 Å². The number of fused-ring (bicyclic) bond motifs is 1. The third-order valence-corrected chi connectivity index (χ3v) is 7.44. The molecular weight excluding hydrogens is 362 g/mol. The van der Waals surface area contributed by atoms with Gasteiger partial charge < -0.3 is 0 Å². The summed E-state index contributed by atoms with van der Waals surface area (Å²) >= 11 is 0. The van der Waals surface area contributed by atoms with Crippen molar-refractivity contribution < 1.29 is 8.78 Å². The van der Waals surface area contributed by atoms with Crippen LogP contribution < -0.4 is 0 Å². The van der Waals surface area contributed by atoms with Gasteiger partial charge >= 0.3 is 0 Å². The standard InChI is InChI=1S/C27H34F2/c1-3-5-19-8-11-22-15-23(13-12-21(22)14-19)27-25(28)16-24(17-26(27)29)20-9-6-18(4-2)7-10-20/h8,11,14,16-18,20,23H,3-7,9-10,12-13,15H2,1-2H3. The molecule has 2 heteroatoms. The molecule has 0 radical (unpaired) electrons. The van der Waals surface area contributed by atoms with E-state index in [9.17, 15) is 0 Å². The van der Waals surface area contributed by atoms with Crippen LogP contribution in [0.3, 0.4) is 0 Å². The Morgan fingerprint density at radius 2 is 1.55 bits per heavy atom. The summed E-state index contributed by atoms with van der Waals surface area (Å²) in [5.74, 6) is 0.409. The fraction of sp³-hybridized carbons (Fsp3) is 0.556. The summed E-state index contributed by atoms with van der Waals surface area (Å²) in [4.78, 5) is 0. The Morgan fingerprint density at radius 3 is 2.21 bits per heavy atom. The summed E-state index contributed by atoms with van der Waals surface area (Å²) in [6, 6.07) is 9.97. The monoisotopic (exact) mass is 396 g/mol. The van der Waals surface area contributed by atoms with Gasteiger partial charge in [0.1, 0.15) is 11.6 Å². The highest BCUT2D eigenvalue weighted by atomic mass is 19.1. The first-order valence-electron chi connectivity index (χ1n) is 11.7. The molecule has 1 atom stereocenters. The minimum absolute atomic E-state index is 0.0515. The van der Waals surface area contributed by atoms with Gasteiger partial charge in [-0.05, 0) is 104 Å². The Bertz CT molecular complexity index is 823. The zero-order valence-electron chi connectivity index (χ0n) is 17.9. The molecule has 2 aliphatic rings. The first-order valence-corrected chi connectivity index (χ1v) is 11.7. The van der Waals surface area contributed by atoms with Crippen LogP contribution in [0.1, 0.15) is 98.4 Å². The fourth-order valence-electron chi connectivity index (χ4n) is 5.63. The van der Waals surface area contributed by atoms with Crippen LogP contribution in [0, 0.1) is 17.6 Å². The Morgan fingerprint density at radius 1 is 0.828 bits per heavy atom. The molecule has 0 N–H and O–H groups in total. The summed E-state index contributed by atoms with van der Waals surface area (Å²) in [5, 5.41) is 0. The maximum atomic E-state index is 15.1. The van der Waals surface area contributed by atoms with E-state index < -0.39 is 0 Å². The number of benzene rings is 2. The molecule has 0 bridgehead atoms. The molecule has 2 aromatic rings. The molecule has 156 valence electrons. The van der Waals surface area contributed by atoms with Crippen molar-refractivity contribution in [2.75, 3.05) is 0 Å². The maximum absolute atomic E-state index is 15.1. The Hall–Kier alpha value is -1.70. The van der Waals surface area contributed by atoms with Gasteiger partial charge in [0.15, 0.2) is 0 Å². The van der Waals surface area contributed by atoms with E-state index in [-0.39, 0.29) is 17.6 Å². The Kier molecular flexibility index (Phi) is 6.37. The normalized spacial score (nSPS) is 24.3. The van der Waals surface area contributed by atoms with E-state index in [0.29, 0.717) is 11.5 Å². The van der Waals surface area contributed by atoms with Gasteiger partial charge in [-0.15, -0.1) is 0 Å². The van der Waals surface area contributed by atoms with Gasteiger partial charge in [0.2, 0.25) is 0 Å². The minimum Gasteiger partial charge on any atom is -0.207 e. The second-order valence-electron chi connectivity index (χ2n) is 9.32. The molecule has 29 heavy (non-hydrogen) atoms. The smallest absolute Gasteiger partial charge is 0.129 e. The van der Waals surface area contributed by atoms with Crippen molar-refractivity contribution in [3.05, 3.63) is 69.8 Å². The number of rotatable bonds is 5. The average molecular weight is 397 g/mol.